The summed E-state index contributed by atoms with van der Waals surface area (Å²) in [6, 6.07) is 46.3. The van der Waals surface area contributed by atoms with Gasteiger partial charge in [-0.3, -0.25) is 0 Å². The molecule has 0 aliphatic rings. The van der Waals surface area contributed by atoms with Crippen LogP contribution in [0.1, 0.15) is 41.0 Å². The highest BCUT2D eigenvalue weighted by Gasteiger charge is 2.38. The van der Waals surface area contributed by atoms with Crippen molar-refractivity contribution in [1.82, 2.24) is 14.1 Å². The number of aliphatic hydroxyl groups excluding tert-OH is 1. The zero-order valence-corrected chi connectivity index (χ0v) is 22.9. The van der Waals surface area contributed by atoms with Crippen molar-refractivity contribution in [2.24, 2.45) is 0 Å². The van der Waals surface area contributed by atoms with E-state index in [9.17, 15) is 5.11 Å². The van der Waals surface area contributed by atoms with Gasteiger partial charge in [0.2, 0.25) is 0 Å². The van der Waals surface area contributed by atoms with E-state index in [0.29, 0.717) is 5.69 Å². The molecule has 0 aliphatic carbocycles. The fourth-order valence-corrected chi connectivity index (χ4v) is 6.40. The van der Waals surface area contributed by atoms with Gasteiger partial charge in [0, 0.05) is 34.5 Å². The second-order valence-electron chi connectivity index (χ2n) is 10.5. The fourth-order valence-electron chi connectivity index (χ4n) is 6.40. The highest BCUT2D eigenvalue weighted by atomic mass is 16.3. The molecule has 1 atom stereocenters. The molecular formula is C37H31N3O. The molecule has 7 rings (SSSR count). The summed E-state index contributed by atoms with van der Waals surface area (Å²) in [4.78, 5) is 4.81. The Labute approximate surface area is 239 Å². The monoisotopic (exact) mass is 533 g/mol. The Morgan fingerprint density at radius 2 is 1.20 bits per heavy atom. The molecule has 0 radical (unpaired) electrons. The van der Waals surface area contributed by atoms with E-state index in [1.54, 1.807) is 0 Å². The number of aryl methyl sites for hydroxylation is 1. The van der Waals surface area contributed by atoms with Gasteiger partial charge in [-0.05, 0) is 41.3 Å². The first-order valence-corrected chi connectivity index (χ1v) is 14.1. The highest BCUT2D eigenvalue weighted by molar-refractivity contribution is 6.08. The number of imidazole rings is 1. The first kappa shape index (κ1) is 25.1. The summed E-state index contributed by atoms with van der Waals surface area (Å²) < 4.78 is 4.46. The Kier molecular flexibility index (Phi) is 6.26. The summed E-state index contributed by atoms with van der Waals surface area (Å²) in [5, 5.41) is 14.1. The normalized spacial score (nSPS) is 12.6. The number of fused-ring (bicyclic) bond motifs is 3. The number of aliphatic hydroxyl groups is 1. The molecular weight excluding hydrogens is 502 g/mol. The van der Waals surface area contributed by atoms with E-state index >= 15 is 0 Å². The van der Waals surface area contributed by atoms with Crippen molar-refractivity contribution in [3.63, 3.8) is 0 Å². The number of hydrogen-bond acceptors (Lipinski definition) is 2. The summed E-state index contributed by atoms with van der Waals surface area (Å²) in [5.41, 5.74) is 6.43. The third-order valence-corrected chi connectivity index (χ3v) is 8.27. The van der Waals surface area contributed by atoms with Crippen LogP contribution >= 0.6 is 0 Å². The quantitative estimate of drug-likeness (QED) is 0.211. The number of para-hydroxylation sites is 1. The SMILES string of the molecule is CCn1c2ccccc2c2ccc(C(O)c3cn(C(c4ccccc4)(c4ccccc4)c4ccccc4)cn3)cc21. The minimum Gasteiger partial charge on any atom is -0.382 e. The van der Waals surface area contributed by atoms with Crippen molar-refractivity contribution in [2.45, 2.75) is 25.1 Å². The highest BCUT2D eigenvalue weighted by Crippen LogP contribution is 2.41. The van der Waals surface area contributed by atoms with Crippen molar-refractivity contribution in [2.75, 3.05) is 0 Å². The first-order chi connectivity index (χ1) is 20.2. The minimum atomic E-state index is -0.871. The van der Waals surface area contributed by atoms with Gasteiger partial charge in [0.05, 0.1) is 12.0 Å². The topological polar surface area (TPSA) is 43.0 Å². The third kappa shape index (κ3) is 3.99. The molecule has 0 fully saturated rings. The lowest BCUT2D eigenvalue weighted by atomic mass is 9.77. The van der Waals surface area contributed by atoms with Gasteiger partial charge in [-0.2, -0.15) is 0 Å². The second-order valence-corrected chi connectivity index (χ2v) is 10.5. The zero-order chi connectivity index (χ0) is 27.8. The van der Waals surface area contributed by atoms with E-state index in [0.717, 1.165) is 34.3 Å². The predicted octanol–water partition coefficient (Wildman–Crippen LogP) is 7.93. The molecule has 2 aromatic heterocycles. The van der Waals surface area contributed by atoms with Gasteiger partial charge in [-0.15, -0.1) is 0 Å². The van der Waals surface area contributed by atoms with Crippen molar-refractivity contribution in [3.05, 3.63) is 174 Å². The van der Waals surface area contributed by atoms with E-state index in [4.69, 9.17) is 4.98 Å². The van der Waals surface area contributed by atoms with E-state index in [1.165, 1.54) is 16.3 Å². The number of hydrogen-bond donors (Lipinski definition) is 1. The third-order valence-electron chi connectivity index (χ3n) is 8.27. The van der Waals surface area contributed by atoms with Crippen LogP contribution in [-0.4, -0.2) is 19.2 Å². The average Bonchev–Trinajstić information content (AvgIpc) is 3.66. The van der Waals surface area contributed by atoms with Gasteiger partial charge in [0.15, 0.2) is 0 Å². The molecule has 1 unspecified atom stereocenters. The zero-order valence-electron chi connectivity index (χ0n) is 22.9. The summed E-state index contributed by atoms with van der Waals surface area (Å²) in [7, 11) is 0. The Morgan fingerprint density at radius 3 is 1.78 bits per heavy atom. The number of aromatic nitrogens is 3. The van der Waals surface area contributed by atoms with Crippen LogP contribution in [0.15, 0.2) is 146 Å². The summed E-state index contributed by atoms with van der Waals surface area (Å²) in [6.45, 7) is 3.01. The number of benzene rings is 5. The Balaban J connectivity index is 1.39. The molecule has 41 heavy (non-hydrogen) atoms. The largest absolute Gasteiger partial charge is 0.382 e. The van der Waals surface area contributed by atoms with Crippen LogP contribution in [0.2, 0.25) is 0 Å². The molecule has 4 heteroatoms. The maximum atomic E-state index is 11.7. The summed E-state index contributed by atoms with van der Waals surface area (Å²) >= 11 is 0. The standard InChI is InChI=1S/C37H31N3O/c1-2-40-34-21-13-12-20-31(34)32-23-22-27(24-35(32)40)36(41)33-25-39(26-38-33)37(28-14-6-3-7-15-28,29-16-8-4-9-17-29)30-18-10-5-11-19-30/h3-26,36,41H,2H2,1H3. The van der Waals surface area contributed by atoms with E-state index < -0.39 is 11.6 Å². The molecule has 0 saturated heterocycles. The maximum Gasteiger partial charge on any atom is 0.123 e. The summed E-state index contributed by atoms with van der Waals surface area (Å²) in [6.07, 6.45) is 2.98. The lowest BCUT2D eigenvalue weighted by Gasteiger charge is -2.37. The number of nitrogens with zero attached hydrogens (tertiary/aromatic N) is 3. The van der Waals surface area contributed by atoms with E-state index in [1.807, 2.05) is 36.8 Å². The molecule has 1 N–H and O–H groups in total. The van der Waals surface area contributed by atoms with Crippen LogP contribution in [0.4, 0.5) is 0 Å². The molecule has 200 valence electrons. The second kappa shape index (κ2) is 10.2. The van der Waals surface area contributed by atoms with Crippen molar-refractivity contribution >= 4 is 21.8 Å². The van der Waals surface area contributed by atoms with Gasteiger partial charge < -0.3 is 14.2 Å². The molecule has 7 aromatic rings. The number of rotatable bonds is 7. The van der Waals surface area contributed by atoms with Crippen LogP contribution in [-0.2, 0) is 12.1 Å². The Bertz CT molecular complexity index is 1840. The van der Waals surface area contributed by atoms with Crippen molar-refractivity contribution in [1.29, 1.82) is 0 Å². The Hall–Kier alpha value is -4.93. The van der Waals surface area contributed by atoms with E-state index in [2.05, 4.69) is 125 Å². The van der Waals surface area contributed by atoms with Gasteiger partial charge >= 0.3 is 0 Å². The molecule has 5 aromatic carbocycles. The predicted molar refractivity (Wildman–Crippen MR) is 166 cm³/mol. The Morgan fingerprint density at radius 1 is 0.659 bits per heavy atom. The van der Waals surface area contributed by atoms with Crippen LogP contribution < -0.4 is 0 Å². The van der Waals surface area contributed by atoms with Crippen LogP contribution in [0.5, 0.6) is 0 Å². The van der Waals surface area contributed by atoms with Gasteiger partial charge in [0.25, 0.3) is 0 Å². The fraction of sp³-hybridized carbons (Fsp3) is 0.108. The van der Waals surface area contributed by atoms with Crippen LogP contribution in [0.25, 0.3) is 21.8 Å². The molecule has 0 amide bonds. The van der Waals surface area contributed by atoms with Crippen molar-refractivity contribution in [3.8, 4) is 0 Å². The first-order valence-electron chi connectivity index (χ1n) is 14.1. The molecule has 0 bridgehead atoms. The van der Waals surface area contributed by atoms with Gasteiger partial charge in [-0.1, -0.05) is 121 Å². The summed E-state index contributed by atoms with van der Waals surface area (Å²) in [5.74, 6) is 0. The molecule has 0 saturated carbocycles. The van der Waals surface area contributed by atoms with Crippen LogP contribution in [0, 0.1) is 0 Å². The molecule has 0 spiro atoms. The minimum absolute atomic E-state index is 0.607. The lowest BCUT2D eigenvalue weighted by Crippen LogP contribution is -2.37. The molecule has 4 nitrogen and oxygen atoms in total. The van der Waals surface area contributed by atoms with Crippen LogP contribution in [0.3, 0.4) is 0 Å². The van der Waals surface area contributed by atoms with Gasteiger partial charge in [-0.25, -0.2) is 4.98 Å². The van der Waals surface area contributed by atoms with Gasteiger partial charge in [0.1, 0.15) is 11.6 Å². The molecule has 0 aliphatic heterocycles. The molecule has 2 heterocycles. The van der Waals surface area contributed by atoms with Crippen molar-refractivity contribution < 1.29 is 5.11 Å². The maximum absolute atomic E-state index is 11.7. The van der Waals surface area contributed by atoms with E-state index in [-0.39, 0.29) is 0 Å². The average molecular weight is 534 g/mol. The lowest BCUT2D eigenvalue weighted by molar-refractivity contribution is 0.215. The smallest absolute Gasteiger partial charge is 0.123 e.